The molecule has 0 unspecified atom stereocenters. The predicted molar refractivity (Wildman–Crippen MR) is 94.2 cm³/mol. The molecule has 0 aromatic heterocycles. The average Bonchev–Trinajstić information content (AvgIpc) is 2.58. The molecule has 2 aromatic rings. The lowest BCUT2D eigenvalue weighted by Crippen LogP contribution is -2.19. The van der Waals surface area contributed by atoms with Crippen molar-refractivity contribution < 1.29 is 19.0 Å². The van der Waals surface area contributed by atoms with Gasteiger partial charge < -0.3 is 24.8 Å². The molecule has 0 aliphatic rings. The summed E-state index contributed by atoms with van der Waals surface area (Å²) >= 11 is 0. The Morgan fingerprint density at radius 1 is 0.958 bits per heavy atom. The second kappa shape index (κ2) is 8.79. The molecule has 0 radical (unpaired) electrons. The van der Waals surface area contributed by atoms with Crippen LogP contribution in [0.25, 0.3) is 0 Å². The van der Waals surface area contributed by atoms with Crippen LogP contribution in [-0.2, 0) is 4.74 Å². The van der Waals surface area contributed by atoms with Crippen molar-refractivity contribution in [2.45, 2.75) is 6.92 Å². The highest BCUT2D eigenvalue weighted by atomic mass is 16.5. The van der Waals surface area contributed by atoms with Crippen molar-refractivity contribution in [3.8, 4) is 11.5 Å². The van der Waals surface area contributed by atoms with Gasteiger partial charge in [-0.25, -0.2) is 4.79 Å². The number of anilines is 2. The van der Waals surface area contributed by atoms with E-state index >= 15 is 0 Å². The summed E-state index contributed by atoms with van der Waals surface area (Å²) in [6, 6.07) is 12.3. The minimum atomic E-state index is -0.309. The minimum Gasteiger partial charge on any atom is -0.497 e. The van der Waals surface area contributed by atoms with E-state index in [-0.39, 0.29) is 6.03 Å². The molecule has 0 aliphatic heterocycles. The van der Waals surface area contributed by atoms with Gasteiger partial charge in [0.2, 0.25) is 0 Å². The van der Waals surface area contributed by atoms with Gasteiger partial charge in [-0.15, -0.1) is 0 Å². The number of hydrogen-bond donors (Lipinski definition) is 2. The highest BCUT2D eigenvalue weighted by Gasteiger charge is 2.06. The average molecular weight is 330 g/mol. The van der Waals surface area contributed by atoms with Gasteiger partial charge in [-0.3, -0.25) is 0 Å². The largest absolute Gasteiger partial charge is 0.497 e. The van der Waals surface area contributed by atoms with Crippen LogP contribution in [0.1, 0.15) is 5.56 Å². The Bertz CT molecular complexity index is 671. The number of aryl methyl sites for hydroxylation is 1. The first-order valence-electron chi connectivity index (χ1n) is 7.57. The SMILES string of the molecule is COCCOc1ccc(NC(=O)Nc2ccc(OC)cc2)c(C)c1. The summed E-state index contributed by atoms with van der Waals surface area (Å²) in [7, 11) is 3.23. The molecule has 6 heteroatoms. The molecule has 0 saturated carbocycles. The third kappa shape index (κ3) is 5.17. The highest BCUT2D eigenvalue weighted by molar-refractivity contribution is 6.00. The van der Waals surface area contributed by atoms with Crippen LogP contribution in [0.2, 0.25) is 0 Å². The molecule has 128 valence electrons. The molecular formula is C18H22N2O4. The Morgan fingerprint density at radius 3 is 2.29 bits per heavy atom. The summed E-state index contributed by atoms with van der Waals surface area (Å²) in [6.45, 7) is 2.93. The van der Waals surface area contributed by atoms with Crippen LogP contribution < -0.4 is 20.1 Å². The van der Waals surface area contributed by atoms with E-state index in [9.17, 15) is 4.79 Å². The number of carbonyl (C=O) groups excluding carboxylic acids is 1. The fourth-order valence-corrected chi connectivity index (χ4v) is 2.07. The monoisotopic (exact) mass is 330 g/mol. The van der Waals surface area contributed by atoms with E-state index in [1.807, 2.05) is 25.1 Å². The molecule has 0 spiro atoms. The van der Waals surface area contributed by atoms with E-state index in [0.29, 0.717) is 18.9 Å². The molecule has 2 N–H and O–H groups in total. The summed E-state index contributed by atoms with van der Waals surface area (Å²) in [5.41, 5.74) is 2.32. The number of benzene rings is 2. The van der Waals surface area contributed by atoms with Crippen molar-refractivity contribution in [2.75, 3.05) is 38.1 Å². The molecule has 6 nitrogen and oxygen atoms in total. The fourth-order valence-electron chi connectivity index (χ4n) is 2.07. The first kappa shape index (κ1) is 17.6. The number of rotatable bonds is 7. The molecule has 24 heavy (non-hydrogen) atoms. The van der Waals surface area contributed by atoms with Crippen LogP contribution in [0, 0.1) is 6.92 Å². The zero-order valence-electron chi connectivity index (χ0n) is 14.1. The number of nitrogens with one attached hydrogen (secondary N) is 2. The predicted octanol–water partition coefficient (Wildman–Crippen LogP) is 3.67. The van der Waals surface area contributed by atoms with Gasteiger partial charge in [0.15, 0.2) is 0 Å². The summed E-state index contributed by atoms with van der Waals surface area (Å²) < 4.78 is 15.6. The third-order valence-electron chi connectivity index (χ3n) is 3.35. The number of hydrogen-bond acceptors (Lipinski definition) is 4. The molecule has 0 saturated heterocycles. The van der Waals surface area contributed by atoms with Crippen molar-refractivity contribution in [2.24, 2.45) is 0 Å². The Morgan fingerprint density at radius 2 is 1.67 bits per heavy atom. The Labute approximate surface area is 141 Å². The lowest BCUT2D eigenvalue weighted by molar-refractivity contribution is 0.146. The Hall–Kier alpha value is -2.73. The van der Waals surface area contributed by atoms with E-state index in [1.54, 1.807) is 38.5 Å². The lowest BCUT2D eigenvalue weighted by atomic mass is 10.2. The topological polar surface area (TPSA) is 68.8 Å². The summed E-state index contributed by atoms with van der Waals surface area (Å²) in [5, 5.41) is 5.59. The van der Waals surface area contributed by atoms with Gasteiger partial charge in [-0.2, -0.15) is 0 Å². The molecule has 2 amide bonds. The molecule has 2 aromatic carbocycles. The maximum atomic E-state index is 12.1. The summed E-state index contributed by atoms with van der Waals surface area (Å²) in [6.07, 6.45) is 0. The van der Waals surface area contributed by atoms with Crippen molar-refractivity contribution in [1.29, 1.82) is 0 Å². The number of methoxy groups -OCH3 is 2. The first-order valence-corrected chi connectivity index (χ1v) is 7.57. The van der Waals surface area contributed by atoms with E-state index in [4.69, 9.17) is 14.2 Å². The number of carbonyl (C=O) groups is 1. The highest BCUT2D eigenvalue weighted by Crippen LogP contribution is 2.22. The van der Waals surface area contributed by atoms with Gasteiger partial charge in [0.1, 0.15) is 18.1 Å². The van der Waals surface area contributed by atoms with E-state index in [2.05, 4.69) is 10.6 Å². The van der Waals surface area contributed by atoms with Gasteiger partial charge >= 0.3 is 6.03 Å². The Kier molecular flexibility index (Phi) is 6.45. The van der Waals surface area contributed by atoms with Crippen LogP contribution in [0.4, 0.5) is 16.2 Å². The van der Waals surface area contributed by atoms with Crippen molar-refractivity contribution >= 4 is 17.4 Å². The molecule has 0 aliphatic carbocycles. The van der Waals surface area contributed by atoms with Crippen LogP contribution >= 0.6 is 0 Å². The summed E-state index contributed by atoms with van der Waals surface area (Å²) in [5.74, 6) is 1.48. The van der Waals surface area contributed by atoms with Crippen LogP contribution in [0.5, 0.6) is 11.5 Å². The summed E-state index contributed by atoms with van der Waals surface area (Å²) in [4.78, 5) is 12.1. The smallest absolute Gasteiger partial charge is 0.323 e. The van der Waals surface area contributed by atoms with Gasteiger partial charge in [0.05, 0.1) is 13.7 Å². The number of amides is 2. The Balaban J connectivity index is 1.92. The minimum absolute atomic E-state index is 0.309. The van der Waals surface area contributed by atoms with Crippen LogP contribution in [0.3, 0.4) is 0 Å². The maximum Gasteiger partial charge on any atom is 0.323 e. The standard InChI is InChI=1S/C18H22N2O4/c1-13-12-16(24-11-10-22-2)8-9-17(13)20-18(21)19-14-4-6-15(23-3)7-5-14/h4-9,12H,10-11H2,1-3H3,(H2,19,20,21). The van der Waals surface area contributed by atoms with E-state index in [0.717, 1.165) is 22.7 Å². The van der Waals surface area contributed by atoms with Gasteiger partial charge in [0, 0.05) is 18.5 Å². The molecule has 0 fully saturated rings. The number of ether oxygens (including phenoxy) is 3. The zero-order valence-corrected chi connectivity index (χ0v) is 14.1. The van der Waals surface area contributed by atoms with Gasteiger partial charge in [-0.05, 0) is 55.0 Å². The molecule has 2 rings (SSSR count). The number of urea groups is 1. The quantitative estimate of drug-likeness (QED) is 0.760. The molecule has 0 bridgehead atoms. The van der Waals surface area contributed by atoms with Crippen molar-refractivity contribution in [3.63, 3.8) is 0 Å². The normalized spacial score (nSPS) is 10.1. The van der Waals surface area contributed by atoms with Crippen LogP contribution in [-0.4, -0.2) is 33.5 Å². The molecule has 0 atom stereocenters. The fraction of sp³-hybridized carbons (Fsp3) is 0.278. The van der Waals surface area contributed by atoms with Gasteiger partial charge in [-0.1, -0.05) is 0 Å². The second-order valence-corrected chi connectivity index (χ2v) is 5.13. The van der Waals surface area contributed by atoms with Crippen molar-refractivity contribution in [1.82, 2.24) is 0 Å². The van der Waals surface area contributed by atoms with E-state index < -0.39 is 0 Å². The third-order valence-corrected chi connectivity index (χ3v) is 3.35. The van der Waals surface area contributed by atoms with E-state index in [1.165, 1.54) is 0 Å². The van der Waals surface area contributed by atoms with Gasteiger partial charge in [0.25, 0.3) is 0 Å². The zero-order chi connectivity index (χ0) is 17.4. The molecule has 0 heterocycles. The second-order valence-electron chi connectivity index (χ2n) is 5.13. The molecular weight excluding hydrogens is 308 g/mol. The maximum absolute atomic E-state index is 12.1. The lowest BCUT2D eigenvalue weighted by Gasteiger charge is -2.12. The van der Waals surface area contributed by atoms with Crippen molar-refractivity contribution in [3.05, 3.63) is 48.0 Å². The van der Waals surface area contributed by atoms with Crippen LogP contribution in [0.15, 0.2) is 42.5 Å². The first-order chi connectivity index (χ1) is 11.6.